The molecule has 0 aromatic heterocycles. The van der Waals surface area contributed by atoms with Crippen molar-refractivity contribution in [2.75, 3.05) is 0 Å². The standard InChI is InChI=1S/C9H18N2O/c1-9(2,3)8-10-7(12-11-8)6-4-5-6/h6-8,10-11H,4-5H2,1-3H3. The van der Waals surface area contributed by atoms with Crippen molar-refractivity contribution in [2.24, 2.45) is 11.3 Å². The molecule has 1 saturated heterocycles. The third-order valence-electron chi connectivity index (χ3n) is 2.56. The number of hydroxylamine groups is 1. The Bertz CT molecular complexity index is 172. The first-order chi connectivity index (χ1) is 5.57. The lowest BCUT2D eigenvalue weighted by Crippen LogP contribution is -2.44. The second-order valence-corrected chi connectivity index (χ2v) is 4.96. The average Bonchev–Trinajstić information content (AvgIpc) is 2.66. The molecule has 0 spiro atoms. The van der Waals surface area contributed by atoms with Crippen molar-refractivity contribution in [1.29, 1.82) is 0 Å². The zero-order chi connectivity index (χ0) is 8.77. The normalized spacial score (nSPS) is 37.2. The summed E-state index contributed by atoms with van der Waals surface area (Å²) in [5.41, 5.74) is 3.28. The quantitative estimate of drug-likeness (QED) is 0.620. The first-order valence-corrected chi connectivity index (χ1v) is 4.74. The zero-order valence-electron chi connectivity index (χ0n) is 8.05. The Morgan fingerprint density at radius 3 is 2.33 bits per heavy atom. The zero-order valence-corrected chi connectivity index (χ0v) is 8.05. The van der Waals surface area contributed by atoms with Crippen LogP contribution in [-0.2, 0) is 4.84 Å². The van der Waals surface area contributed by atoms with Crippen LogP contribution in [0.25, 0.3) is 0 Å². The number of nitrogens with one attached hydrogen (secondary N) is 2. The van der Waals surface area contributed by atoms with Gasteiger partial charge >= 0.3 is 0 Å². The van der Waals surface area contributed by atoms with E-state index in [1.807, 2.05) is 0 Å². The van der Waals surface area contributed by atoms with E-state index in [0.717, 1.165) is 5.92 Å². The fourth-order valence-electron chi connectivity index (χ4n) is 1.43. The molecule has 2 aliphatic rings. The summed E-state index contributed by atoms with van der Waals surface area (Å²) in [4.78, 5) is 5.45. The predicted octanol–water partition coefficient (Wildman–Crippen LogP) is 1.22. The Balaban J connectivity index is 1.88. The van der Waals surface area contributed by atoms with Gasteiger partial charge in [-0.15, -0.1) is 0 Å². The molecule has 3 nitrogen and oxygen atoms in total. The smallest absolute Gasteiger partial charge is 0.133 e. The Morgan fingerprint density at radius 1 is 1.25 bits per heavy atom. The summed E-state index contributed by atoms with van der Waals surface area (Å²) in [6.07, 6.45) is 3.18. The third kappa shape index (κ3) is 1.63. The van der Waals surface area contributed by atoms with E-state index in [-0.39, 0.29) is 11.6 Å². The molecule has 12 heavy (non-hydrogen) atoms. The van der Waals surface area contributed by atoms with Crippen LogP contribution in [0, 0.1) is 11.3 Å². The van der Waals surface area contributed by atoms with Crippen molar-refractivity contribution in [3.8, 4) is 0 Å². The second kappa shape index (κ2) is 2.69. The van der Waals surface area contributed by atoms with Gasteiger partial charge in [0.1, 0.15) is 6.23 Å². The number of hydrogen-bond donors (Lipinski definition) is 2. The van der Waals surface area contributed by atoms with Gasteiger partial charge in [0.15, 0.2) is 0 Å². The topological polar surface area (TPSA) is 33.3 Å². The van der Waals surface area contributed by atoms with Crippen LogP contribution >= 0.6 is 0 Å². The molecule has 0 aromatic rings. The predicted molar refractivity (Wildman–Crippen MR) is 47.1 cm³/mol. The molecule has 0 bridgehead atoms. The van der Waals surface area contributed by atoms with Crippen molar-refractivity contribution in [1.82, 2.24) is 10.8 Å². The molecule has 1 heterocycles. The minimum Gasteiger partial charge on any atom is -0.281 e. The largest absolute Gasteiger partial charge is 0.281 e. The van der Waals surface area contributed by atoms with Gasteiger partial charge in [0.25, 0.3) is 0 Å². The SMILES string of the molecule is CC(C)(C)C1NOC(C2CC2)N1. The van der Waals surface area contributed by atoms with Crippen LogP contribution < -0.4 is 10.8 Å². The van der Waals surface area contributed by atoms with Gasteiger partial charge in [-0.05, 0) is 18.3 Å². The van der Waals surface area contributed by atoms with E-state index in [9.17, 15) is 0 Å². The van der Waals surface area contributed by atoms with Gasteiger partial charge in [-0.25, -0.2) is 0 Å². The highest BCUT2D eigenvalue weighted by atomic mass is 16.7. The molecule has 2 fully saturated rings. The lowest BCUT2D eigenvalue weighted by Gasteiger charge is -2.25. The van der Waals surface area contributed by atoms with Crippen LogP contribution in [0.1, 0.15) is 33.6 Å². The summed E-state index contributed by atoms with van der Waals surface area (Å²) >= 11 is 0. The summed E-state index contributed by atoms with van der Waals surface area (Å²) in [6, 6.07) is 0. The number of rotatable bonds is 1. The lowest BCUT2D eigenvalue weighted by atomic mass is 9.93. The van der Waals surface area contributed by atoms with E-state index < -0.39 is 0 Å². The van der Waals surface area contributed by atoms with Gasteiger partial charge in [-0.2, -0.15) is 5.48 Å². The molecule has 1 saturated carbocycles. The fourth-order valence-corrected chi connectivity index (χ4v) is 1.43. The van der Waals surface area contributed by atoms with Crippen LogP contribution in [-0.4, -0.2) is 12.4 Å². The maximum Gasteiger partial charge on any atom is 0.133 e. The summed E-state index contributed by atoms with van der Waals surface area (Å²) in [5, 5.41) is 3.46. The van der Waals surface area contributed by atoms with E-state index in [1.165, 1.54) is 12.8 Å². The molecule has 0 aromatic carbocycles. The molecular weight excluding hydrogens is 152 g/mol. The van der Waals surface area contributed by atoms with Crippen LogP contribution in [0.3, 0.4) is 0 Å². The highest BCUT2D eigenvalue weighted by Crippen LogP contribution is 2.35. The second-order valence-electron chi connectivity index (χ2n) is 4.96. The highest BCUT2D eigenvalue weighted by Gasteiger charge is 2.40. The first-order valence-electron chi connectivity index (χ1n) is 4.74. The fraction of sp³-hybridized carbons (Fsp3) is 1.00. The van der Waals surface area contributed by atoms with E-state index in [1.54, 1.807) is 0 Å². The van der Waals surface area contributed by atoms with Crippen molar-refractivity contribution in [2.45, 2.75) is 46.0 Å². The van der Waals surface area contributed by atoms with Crippen LogP contribution in [0.15, 0.2) is 0 Å². The Kier molecular flexibility index (Phi) is 1.90. The highest BCUT2D eigenvalue weighted by molar-refractivity contribution is 4.88. The first kappa shape index (κ1) is 8.48. The molecule has 0 amide bonds. The maximum absolute atomic E-state index is 5.45. The molecule has 1 aliphatic heterocycles. The minimum atomic E-state index is 0.226. The van der Waals surface area contributed by atoms with Gasteiger partial charge in [0.2, 0.25) is 0 Å². The molecule has 2 atom stereocenters. The third-order valence-corrected chi connectivity index (χ3v) is 2.56. The summed E-state index contributed by atoms with van der Waals surface area (Å²) in [7, 11) is 0. The molecule has 3 heteroatoms. The van der Waals surface area contributed by atoms with E-state index >= 15 is 0 Å². The van der Waals surface area contributed by atoms with E-state index in [0.29, 0.717) is 6.17 Å². The number of hydrogen-bond acceptors (Lipinski definition) is 3. The summed E-state index contributed by atoms with van der Waals surface area (Å²) in [6.45, 7) is 6.61. The molecule has 70 valence electrons. The van der Waals surface area contributed by atoms with Crippen LogP contribution in [0.4, 0.5) is 0 Å². The molecule has 0 radical (unpaired) electrons. The summed E-state index contributed by atoms with van der Waals surface area (Å²) in [5.74, 6) is 0.754. The van der Waals surface area contributed by atoms with Crippen molar-refractivity contribution in [3.05, 3.63) is 0 Å². The maximum atomic E-state index is 5.45. The van der Waals surface area contributed by atoms with Crippen molar-refractivity contribution in [3.63, 3.8) is 0 Å². The van der Waals surface area contributed by atoms with E-state index in [4.69, 9.17) is 4.84 Å². The molecule has 1 aliphatic carbocycles. The van der Waals surface area contributed by atoms with Crippen LogP contribution in [0.5, 0.6) is 0 Å². The van der Waals surface area contributed by atoms with Crippen LogP contribution in [0.2, 0.25) is 0 Å². The summed E-state index contributed by atoms with van der Waals surface area (Å²) < 4.78 is 0. The monoisotopic (exact) mass is 170 g/mol. The minimum absolute atomic E-state index is 0.226. The molecule has 2 N–H and O–H groups in total. The van der Waals surface area contributed by atoms with Gasteiger partial charge in [-0.3, -0.25) is 10.2 Å². The average molecular weight is 170 g/mol. The van der Waals surface area contributed by atoms with Gasteiger partial charge in [0, 0.05) is 5.92 Å². The van der Waals surface area contributed by atoms with Gasteiger partial charge in [0.05, 0.1) is 6.17 Å². The molecular formula is C9H18N2O. The van der Waals surface area contributed by atoms with Gasteiger partial charge < -0.3 is 0 Å². The Hall–Kier alpha value is -0.120. The lowest BCUT2D eigenvalue weighted by molar-refractivity contribution is 0.00349. The van der Waals surface area contributed by atoms with Gasteiger partial charge in [-0.1, -0.05) is 20.8 Å². The van der Waals surface area contributed by atoms with Crippen molar-refractivity contribution >= 4 is 0 Å². The Morgan fingerprint density at radius 2 is 1.92 bits per heavy atom. The molecule has 2 rings (SSSR count). The van der Waals surface area contributed by atoms with Crippen molar-refractivity contribution < 1.29 is 4.84 Å². The van der Waals surface area contributed by atoms with E-state index in [2.05, 4.69) is 31.6 Å². The molecule has 2 unspecified atom stereocenters. The Labute approximate surface area is 73.8 Å².